The molecular weight excluding hydrogens is 212 g/mol. The summed E-state index contributed by atoms with van der Waals surface area (Å²) in [5.74, 6) is 1.08. The normalized spacial score (nSPS) is 35.1. The van der Waals surface area contributed by atoms with E-state index in [0.717, 1.165) is 19.3 Å². The van der Waals surface area contributed by atoms with Gasteiger partial charge in [0, 0.05) is 5.92 Å². The van der Waals surface area contributed by atoms with Gasteiger partial charge < -0.3 is 10.5 Å². The molecule has 2 heterocycles. The molecule has 2 saturated heterocycles. The SMILES string of the molecule is N=C(N)[C@@H]1C[C@@H]2O[C@H]1C[C@@H]2Cc1ccccc1. The van der Waals surface area contributed by atoms with Gasteiger partial charge in [-0.3, -0.25) is 5.41 Å². The summed E-state index contributed by atoms with van der Waals surface area (Å²) in [5.41, 5.74) is 6.97. The average Bonchev–Trinajstić information content (AvgIpc) is 2.89. The zero-order valence-electron chi connectivity index (χ0n) is 9.80. The molecule has 3 N–H and O–H groups in total. The maximum atomic E-state index is 7.53. The fraction of sp³-hybridized carbons (Fsp3) is 0.500. The Morgan fingerprint density at radius 3 is 2.59 bits per heavy atom. The quantitative estimate of drug-likeness (QED) is 0.616. The molecule has 0 unspecified atom stereocenters. The highest BCUT2D eigenvalue weighted by Crippen LogP contribution is 2.43. The van der Waals surface area contributed by atoms with Crippen molar-refractivity contribution in [2.24, 2.45) is 17.6 Å². The van der Waals surface area contributed by atoms with E-state index in [4.69, 9.17) is 15.9 Å². The second-order valence-corrected chi connectivity index (χ2v) is 5.20. The molecule has 0 aromatic heterocycles. The third-order valence-corrected chi connectivity index (χ3v) is 4.09. The molecule has 4 atom stereocenters. The van der Waals surface area contributed by atoms with Gasteiger partial charge in [-0.05, 0) is 30.7 Å². The van der Waals surface area contributed by atoms with E-state index in [0.29, 0.717) is 17.9 Å². The Hall–Kier alpha value is -1.35. The zero-order valence-corrected chi connectivity index (χ0v) is 9.80. The minimum Gasteiger partial charge on any atom is -0.387 e. The van der Waals surface area contributed by atoms with Crippen molar-refractivity contribution >= 4 is 5.84 Å². The van der Waals surface area contributed by atoms with Crippen LogP contribution in [0.3, 0.4) is 0 Å². The van der Waals surface area contributed by atoms with Crippen LogP contribution in [0.25, 0.3) is 0 Å². The molecule has 3 heteroatoms. The lowest BCUT2D eigenvalue weighted by molar-refractivity contribution is 0.0891. The first-order valence-electron chi connectivity index (χ1n) is 6.27. The molecule has 0 aliphatic carbocycles. The standard InChI is InChI=1S/C14H18N2O/c15-14(16)11-8-12-10(7-13(11)17-12)6-9-4-2-1-3-5-9/h1-5,10-13H,6-8H2,(H3,15,16)/t10-,11+,12-,13-/m0/s1. The van der Waals surface area contributed by atoms with E-state index in [1.807, 2.05) is 6.07 Å². The smallest absolute Gasteiger partial charge is 0.0964 e. The van der Waals surface area contributed by atoms with E-state index in [-0.39, 0.29) is 12.0 Å². The number of amidine groups is 1. The lowest BCUT2D eigenvalue weighted by atomic mass is 9.79. The lowest BCUT2D eigenvalue weighted by Gasteiger charge is -2.23. The van der Waals surface area contributed by atoms with Crippen LogP contribution in [0.1, 0.15) is 18.4 Å². The first kappa shape index (κ1) is 10.8. The number of benzene rings is 1. The van der Waals surface area contributed by atoms with Gasteiger partial charge in [-0.2, -0.15) is 0 Å². The van der Waals surface area contributed by atoms with Gasteiger partial charge >= 0.3 is 0 Å². The third-order valence-electron chi connectivity index (χ3n) is 4.09. The second-order valence-electron chi connectivity index (χ2n) is 5.20. The zero-order chi connectivity index (χ0) is 11.8. The number of ether oxygens (including phenoxy) is 1. The van der Waals surface area contributed by atoms with Crippen molar-refractivity contribution in [3.8, 4) is 0 Å². The highest BCUT2D eigenvalue weighted by molar-refractivity contribution is 5.80. The molecule has 0 spiro atoms. The topological polar surface area (TPSA) is 59.1 Å². The molecule has 0 radical (unpaired) electrons. The van der Waals surface area contributed by atoms with Crippen molar-refractivity contribution in [1.29, 1.82) is 5.41 Å². The number of fused-ring (bicyclic) bond motifs is 2. The van der Waals surface area contributed by atoms with Crippen LogP contribution in [0.2, 0.25) is 0 Å². The largest absolute Gasteiger partial charge is 0.387 e. The lowest BCUT2D eigenvalue weighted by Crippen LogP contribution is -2.33. The Labute approximate surface area is 101 Å². The van der Waals surface area contributed by atoms with Gasteiger partial charge in [0.2, 0.25) is 0 Å². The predicted octanol–water partition coefficient (Wildman–Crippen LogP) is 1.96. The van der Waals surface area contributed by atoms with Crippen molar-refractivity contribution in [1.82, 2.24) is 0 Å². The molecule has 2 aliphatic heterocycles. The van der Waals surface area contributed by atoms with Crippen LogP contribution in [0, 0.1) is 17.2 Å². The number of rotatable bonds is 3. The molecule has 2 aliphatic rings. The van der Waals surface area contributed by atoms with Gasteiger partial charge in [0.05, 0.1) is 18.0 Å². The molecular formula is C14H18N2O. The van der Waals surface area contributed by atoms with Crippen LogP contribution in [-0.4, -0.2) is 18.0 Å². The molecule has 3 rings (SSSR count). The maximum Gasteiger partial charge on any atom is 0.0964 e. The minimum absolute atomic E-state index is 0.173. The van der Waals surface area contributed by atoms with Crippen LogP contribution in [-0.2, 0) is 11.2 Å². The molecule has 1 aromatic carbocycles. The fourth-order valence-electron chi connectivity index (χ4n) is 3.21. The molecule has 17 heavy (non-hydrogen) atoms. The van der Waals surface area contributed by atoms with E-state index in [1.54, 1.807) is 0 Å². The Kier molecular flexibility index (Phi) is 2.63. The summed E-state index contributed by atoms with van der Waals surface area (Å²) in [7, 11) is 0. The number of hydrogen-bond donors (Lipinski definition) is 2. The maximum absolute atomic E-state index is 7.53. The van der Waals surface area contributed by atoms with Crippen molar-refractivity contribution in [2.75, 3.05) is 0 Å². The van der Waals surface area contributed by atoms with Crippen LogP contribution >= 0.6 is 0 Å². The van der Waals surface area contributed by atoms with E-state index >= 15 is 0 Å². The second kappa shape index (κ2) is 4.15. The molecule has 2 bridgehead atoms. The van der Waals surface area contributed by atoms with E-state index < -0.39 is 0 Å². The first-order chi connectivity index (χ1) is 8.24. The molecule has 1 aromatic rings. The van der Waals surface area contributed by atoms with Gasteiger partial charge in [0.1, 0.15) is 0 Å². The minimum atomic E-state index is 0.173. The Balaban J connectivity index is 1.65. The van der Waals surface area contributed by atoms with Gasteiger partial charge in [-0.1, -0.05) is 30.3 Å². The third kappa shape index (κ3) is 1.95. The van der Waals surface area contributed by atoms with Crippen molar-refractivity contribution in [3.05, 3.63) is 35.9 Å². The van der Waals surface area contributed by atoms with Crippen molar-refractivity contribution in [2.45, 2.75) is 31.5 Å². The Bertz CT molecular complexity index is 417. The molecule has 3 nitrogen and oxygen atoms in total. The monoisotopic (exact) mass is 230 g/mol. The summed E-state index contributed by atoms with van der Waals surface area (Å²) < 4.78 is 5.91. The van der Waals surface area contributed by atoms with Gasteiger partial charge in [-0.25, -0.2) is 0 Å². The van der Waals surface area contributed by atoms with E-state index in [1.165, 1.54) is 5.56 Å². The fourth-order valence-corrected chi connectivity index (χ4v) is 3.21. The van der Waals surface area contributed by atoms with Crippen LogP contribution in [0.4, 0.5) is 0 Å². The predicted molar refractivity (Wildman–Crippen MR) is 66.9 cm³/mol. The highest BCUT2D eigenvalue weighted by atomic mass is 16.5. The summed E-state index contributed by atoms with van der Waals surface area (Å²) in [6.07, 6.45) is 3.61. The molecule has 0 amide bonds. The van der Waals surface area contributed by atoms with E-state index in [9.17, 15) is 0 Å². The number of nitrogens with two attached hydrogens (primary N) is 1. The van der Waals surface area contributed by atoms with E-state index in [2.05, 4.69) is 24.3 Å². The molecule has 0 saturated carbocycles. The van der Waals surface area contributed by atoms with Gasteiger partial charge in [0.15, 0.2) is 0 Å². The Morgan fingerprint density at radius 2 is 2.00 bits per heavy atom. The first-order valence-corrected chi connectivity index (χ1v) is 6.27. The summed E-state index contributed by atoms with van der Waals surface area (Å²) in [5, 5.41) is 7.53. The summed E-state index contributed by atoms with van der Waals surface area (Å²) in [6, 6.07) is 10.6. The van der Waals surface area contributed by atoms with Crippen molar-refractivity contribution in [3.63, 3.8) is 0 Å². The number of hydrogen-bond acceptors (Lipinski definition) is 2. The molecule has 2 fully saturated rings. The van der Waals surface area contributed by atoms with Gasteiger partial charge in [0.25, 0.3) is 0 Å². The van der Waals surface area contributed by atoms with Gasteiger partial charge in [-0.15, -0.1) is 0 Å². The highest BCUT2D eigenvalue weighted by Gasteiger charge is 2.47. The molecule has 90 valence electrons. The van der Waals surface area contributed by atoms with Crippen molar-refractivity contribution < 1.29 is 4.74 Å². The summed E-state index contributed by atoms with van der Waals surface area (Å²) in [4.78, 5) is 0. The Morgan fingerprint density at radius 1 is 1.24 bits per heavy atom. The van der Waals surface area contributed by atoms with Crippen LogP contribution < -0.4 is 5.73 Å². The number of nitrogens with one attached hydrogen (secondary N) is 1. The average molecular weight is 230 g/mol. The van der Waals surface area contributed by atoms with Crippen LogP contribution in [0.5, 0.6) is 0 Å². The van der Waals surface area contributed by atoms with Crippen LogP contribution in [0.15, 0.2) is 30.3 Å². The summed E-state index contributed by atoms with van der Waals surface area (Å²) >= 11 is 0. The summed E-state index contributed by atoms with van der Waals surface area (Å²) in [6.45, 7) is 0.